The van der Waals surface area contributed by atoms with E-state index in [2.05, 4.69) is 5.09 Å². The minimum Gasteiger partial charge on any atom is -0.462 e. The van der Waals surface area contributed by atoms with Crippen molar-refractivity contribution in [3.63, 3.8) is 0 Å². The number of nitrogens with zero attached hydrogens (tertiary/aromatic N) is 1. The molecule has 2 heterocycles. The molecule has 1 aromatic carbocycles. The molecule has 1 fully saturated rings. The number of aromatic nitrogens is 2. The summed E-state index contributed by atoms with van der Waals surface area (Å²) >= 11 is 0. The van der Waals surface area contributed by atoms with Crippen LogP contribution in [-0.2, 0) is 23.4 Å². The van der Waals surface area contributed by atoms with Gasteiger partial charge >= 0.3 is 19.4 Å². The van der Waals surface area contributed by atoms with Crippen LogP contribution in [0.4, 0.5) is 13.2 Å². The molecule has 2 aromatic rings. The molecule has 2 unspecified atom stereocenters. The third-order valence-electron chi connectivity index (χ3n) is 5.91. The van der Waals surface area contributed by atoms with Gasteiger partial charge in [0.15, 0.2) is 6.23 Å². The zero-order valence-corrected chi connectivity index (χ0v) is 23.2. The number of hydrogen-bond donors (Lipinski definition) is 3. The lowest BCUT2D eigenvalue weighted by Gasteiger charge is -2.36. The Morgan fingerprint density at radius 2 is 1.90 bits per heavy atom. The Bertz CT molecular complexity index is 1370. The Hall–Kier alpha value is -2.97. The summed E-state index contributed by atoms with van der Waals surface area (Å²) in [5.74, 6) is -2.25. The molecular weight excluding hydrogens is 562 g/mol. The average Bonchev–Trinajstić information content (AvgIpc) is 3.12. The first-order valence-electron chi connectivity index (χ1n) is 12.2. The van der Waals surface area contributed by atoms with Crippen LogP contribution in [0.2, 0.25) is 0 Å². The van der Waals surface area contributed by atoms with E-state index in [1.807, 2.05) is 0 Å². The number of carbonyl (C=O) groups excluding carboxylic acids is 1. The van der Waals surface area contributed by atoms with Gasteiger partial charge in [-0.25, -0.2) is 18.1 Å². The fraction of sp³-hybridized carbons (Fsp3) is 0.542. The number of aromatic amines is 1. The Labute approximate surface area is 227 Å². The van der Waals surface area contributed by atoms with Gasteiger partial charge in [-0.15, -0.1) is 0 Å². The molecule has 1 aromatic heterocycles. The lowest BCUT2D eigenvalue weighted by Crippen LogP contribution is -2.52. The van der Waals surface area contributed by atoms with Crippen LogP contribution < -0.4 is 20.9 Å². The number of alkyl halides is 2. The molecule has 0 radical (unpaired) electrons. The maximum Gasteiger partial charge on any atom is 0.460 e. The fourth-order valence-electron chi connectivity index (χ4n) is 4.02. The average molecular weight is 593 g/mol. The molecule has 3 N–H and O–H groups in total. The predicted octanol–water partition coefficient (Wildman–Crippen LogP) is 2.52. The Kier molecular flexibility index (Phi) is 9.36. The highest BCUT2D eigenvalue weighted by Gasteiger charge is 2.63. The summed E-state index contributed by atoms with van der Waals surface area (Å²) in [5, 5.41) is 13.2. The Morgan fingerprint density at radius 3 is 2.48 bits per heavy atom. The summed E-state index contributed by atoms with van der Waals surface area (Å²) in [6, 6.07) is 6.41. The molecule has 1 aliphatic heterocycles. The van der Waals surface area contributed by atoms with Crippen molar-refractivity contribution in [2.75, 3.05) is 6.67 Å². The van der Waals surface area contributed by atoms with Crippen molar-refractivity contribution in [2.24, 2.45) is 0 Å². The number of carbonyl (C=O) groups is 1. The summed E-state index contributed by atoms with van der Waals surface area (Å²) in [6.45, 7) is 5.05. The number of aliphatic hydroxyl groups is 1. The van der Waals surface area contributed by atoms with Gasteiger partial charge in [-0.3, -0.25) is 23.7 Å². The van der Waals surface area contributed by atoms with Crippen LogP contribution in [0.3, 0.4) is 0 Å². The molecule has 0 bridgehead atoms. The van der Waals surface area contributed by atoms with Gasteiger partial charge in [0.1, 0.15) is 36.3 Å². The van der Waals surface area contributed by atoms with Crippen molar-refractivity contribution in [3.05, 3.63) is 63.2 Å². The summed E-state index contributed by atoms with van der Waals surface area (Å²) in [4.78, 5) is 37.7. The van der Waals surface area contributed by atoms with Gasteiger partial charge in [0.25, 0.3) is 5.56 Å². The molecule has 222 valence electrons. The SMILES string of the molecule is CC(C)OC(=O)[C@H](C)NP(=O)(Oc1ccccc1)OC(C)(C)[C@H]1O[C@@H](n2cc(F)c(=O)[nH]c2=O)[C@@](F)(CF)C1O. The first-order valence-corrected chi connectivity index (χ1v) is 13.7. The molecule has 3 rings (SSSR count). The minimum absolute atomic E-state index is 0.0446. The van der Waals surface area contributed by atoms with E-state index in [4.69, 9.17) is 18.5 Å². The van der Waals surface area contributed by atoms with Gasteiger partial charge in [0.05, 0.1) is 12.3 Å². The molecule has 1 aliphatic rings. The van der Waals surface area contributed by atoms with Crippen molar-refractivity contribution >= 4 is 13.7 Å². The van der Waals surface area contributed by atoms with Crippen molar-refractivity contribution in [1.29, 1.82) is 0 Å². The van der Waals surface area contributed by atoms with Crippen LogP contribution in [-0.4, -0.2) is 62.9 Å². The molecule has 16 heteroatoms. The lowest BCUT2D eigenvalue weighted by molar-refractivity contribution is -0.149. The number of para-hydroxylation sites is 1. The molecule has 12 nitrogen and oxygen atoms in total. The minimum atomic E-state index is -4.60. The quantitative estimate of drug-likeness (QED) is 0.261. The topological polar surface area (TPSA) is 158 Å². The van der Waals surface area contributed by atoms with Crippen LogP contribution in [0.1, 0.15) is 40.8 Å². The third-order valence-corrected chi connectivity index (χ3v) is 7.78. The zero-order chi connectivity index (χ0) is 30.0. The number of esters is 1. The Morgan fingerprint density at radius 1 is 1.27 bits per heavy atom. The van der Waals surface area contributed by atoms with Crippen molar-refractivity contribution in [3.8, 4) is 5.75 Å². The van der Waals surface area contributed by atoms with Crippen molar-refractivity contribution in [2.45, 2.75) is 76.5 Å². The number of rotatable bonds is 11. The maximum atomic E-state index is 15.8. The highest BCUT2D eigenvalue weighted by atomic mass is 31.2. The number of ether oxygens (including phenoxy) is 2. The van der Waals surface area contributed by atoms with Crippen LogP contribution in [0.5, 0.6) is 5.75 Å². The normalized spacial score (nSPS) is 25.4. The number of aliphatic hydroxyl groups excluding tert-OH is 1. The first-order chi connectivity index (χ1) is 18.5. The van der Waals surface area contributed by atoms with Crippen LogP contribution in [0.15, 0.2) is 46.1 Å². The van der Waals surface area contributed by atoms with Gasteiger partial charge in [-0.05, 0) is 46.8 Å². The van der Waals surface area contributed by atoms with E-state index in [-0.39, 0.29) is 10.3 Å². The lowest BCUT2D eigenvalue weighted by atomic mass is 9.89. The first kappa shape index (κ1) is 31.6. The summed E-state index contributed by atoms with van der Waals surface area (Å²) in [5.41, 5.74) is -8.05. The van der Waals surface area contributed by atoms with Crippen LogP contribution >= 0.6 is 7.75 Å². The van der Waals surface area contributed by atoms with E-state index in [9.17, 15) is 32.8 Å². The predicted molar refractivity (Wildman–Crippen MR) is 135 cm³/mol. The molecule has 6 atom stereocenters. The van der Waals surface area contributed by atoms with E-state index in [1.165, 1.54) is 32.9 Å². The van der Waals surface area contributed by atoms with Gasteiger partial charge in [-0.1, -0.05) is 18.2 Å². The van der Waals surface area contributed by atoms with E-state index in [0.717, 1.165) is 0 Å². The molecule has 40 heavy (non-hydrogen) atoms. The van der Waals surface area contributed by atoms with Gasteiger partial charge in [0, 0.05) is 0 Å². The second-order valence-electron chi connectivity index (χ2n) is 9.99. The largest absolute Gasteiger partial charge is 0.462 e. The second-order valence-corrected chi connectivity index (χ2v) is 11.6. The summed E-state index contributed by atoms with van der Waals surface area (Å²) in [7, 11) is -4.60. The standard InChI is InChI=1S/C24H31F3N3O9P/c1-13(2)36-20(33)14(3)29-40(35,38-15-9-7-6-8-10-15)39-23(4,5)18-17(31)24(27,12-25)21(37-18)30-11-16(26)19(32)28-22(30)34/h6-11,13-14,17-18,21,31H,12H2,1-5H3,(H,29,35)(H,28,32,34)/t14-,17?,18-,21+,24+,40?/m0/s1. The fourth-order valence-corrected chi connectivity index (χ4v) is 5.87. The van der Waals surface area contributed by atoms with E-state index in [1.54, 1.807) is 37.0 Å². The Balaban J connectivity index is 1.98. The van der Waals surface area contributed by atoms with Gasteiger partial charge in [-0.2, -0.15) is 9.48 Å². The van der Waals surface area contributed by atoms with Crippen molar-refractivity contribution < 1.29 is 46.2 Å². The highest BCUT2D eigenvalue weighted by molar-refractivity contribution is 7.52. The third kappa shape index (κ3) is 6.66. The zero-order valence-electron chi connectivity index (χ0n) is 22.3. The molecule has 0 saturated carbocycles. The number of benzene rings is 1. The van der Waals surface area contributed by atoms with Crippen LogP contribution in [0.25, 0.3) is 0 Å². The maximum absolute atomic E-state index is 15.8. The molecular formula is C24H31F3N3O9P. The summed E-state index contributed by atoms with van der Waals surface area (Å²) < 4.78 is 79.9. The number of nitrogens with one attached hydrogen (secondary N) is 2. The van der Waals surface area contributed by atoms with E-state index >= 15 is 4.39 Å². The second kappa shape index (κ2) is 11.9. The van der Waals surface area contributed by atoms with Crippen molar-refractivity contribution in [1.82, 2.24) is 14.6 Å². The number of H-pyrrole nitrogens is 1. The number of hydrogen-bond acceptors (Lipinski definition) is 9. The number of halogens is 3. The monoisotopic (exact) mass is 593 g/mol. The molecule has 0 aliphatic carbocycles. The van der Waals surface area contributed by atoms with Gasteiger partial charge < -0.3 is 19.1 Å². The van der Waals surface area contributed by atoms with Crippen LogP contribution in [0, 0.1) is 5.82 Å². The van der Waals surface area contributed by atoms with E-state index in [0.29, 0.717) is 6.20 Å². The molecule has 0 amide bonds. The summed E-state index contributed by atoms with van der Waals surface area (Å²) in [6.07, 6.45) is -6.64. The molecule has 1 saturated heterocycles. The van der Waals surface area contributed by atoms with Gasteiger partial charge in [0.2, 0.25) is 11.5 Å². The smallest absolute Gasteiger partial charge is 0.460 e. The molecule has 0 spiro atoms. The van der Waals surface area contributed by atoms with E-state index < -0.39 is 79.3 Å². The highest BCUT2D eigenvalue weighted by Crippen LogP contribution is 2.53.